The van der Waals surface area contributed by atoms with E-state index in [4.69, 9.17) is 0 Å². The molecular formula is C24H26N4. The SMILES string of the molecule is CN(C)CCNc1ccc2ncn(C(c3ccccc3)c3ccccc3)c2c1. The molecule has 4 heteroatoms. The molecule has 0 spiro atoms. The van der Waals surface area contributed by atoms with E-state index in [0.717, 1.165) is 29.8 Å². The molecule has 4 nitrogen and oxygen atoms in total. The van der Waals surface area contributed by atoms with Crippen molar-refractivity contribution in [3.05, 3.63) is 96.3 Å². The lowest BCUT2D eigenvalue weighted by Gasteiger charge is -2.21. The van der Waals surface area contributed by atoms with Gasteiger partial charge < -0.3 is 14.8 Å². The summed E-state index contributed by atoms with van der Waals surface area (Å²) < 4.78 is 2.27. The van der Waals surface area contributed by atoms with Crippen LogP contribution in [0.3, 0.4) is 0 Å². The number of hydrogen-bond donors (Lipinski definition) is 1. The summed E-state index contributed by atoms with van der Waals surface area (Å²) >= 11 is 0. The first-order chi connectivity index (χ1) is 13.7. The lowest BCUT2D eigenvalue weighted by Crippen LogP contribution is -2.20. The average Bonchev–Trinajstić information content (AvgIpc) is 3.13. The van der Waals surface area contributed by atoms with Crippen LogP contribution >= 0.6 is 0 Å². The lowest BCUT2D eigenvalue weighted by atomic mass is 9.98. The molecule has 0 radical (unpaired) electrons. The van der Waals surface area contributed by atoms with E-state index in [2.05, 4.69) is 113 Å². The molecule has 0 amide bonds. The monoisotopic (exact) mass is 370 g/mol. The van der Waals surface area contributed by atoms with Crippen molar-refractivity contribution < 1.29 is 0 Å². The number of anilines is 1. The number of likely N-dealkylation sites (N-methyl/N-ethyl adjacent to an activating group) is 1. The molecule has 1 aromatic heterocycles. The van der Waals surface area contributed by atoms with Gasteiger partial charge in [0.1, 0.15) is 0 Å². The van der Waals surface area contributed by atoms with E-state index in [-0.39, 0.29) is 6.04 Å². The van der Waals surface area contributed by atoms with Gasteiger partial charge in [-0.3, -0.25) is 0 Å². The van der Waals surface area contributed by atoms with Crippen molar-refractivity contribution in [2.24, 2.45) is 0 Å². The van der Waals surface area contributed by atoms with Crippen molar-refractivity contribution in [1.82, 2.24) is 14.5 Å². The van der Waals surface area contributed by atoms with Crippen LogP contribution in [0.25, 0.3) is 11.0 Å². The Labute approximate surface area is 166 Å². The summed E-state index contributed by atoms with van der Waals surface area (Å²) in [7, 11) is 4.18. The first-order valence-corrected chi connectivity index (χ1v) is 9.67. The number of aromatic nitrogens is 2. The van der Waals surface area contributed by atoms with Crippen LogP contribution < -0.4 is 5.32 Å². The predicted octanol–water partition coefficient (Wildman–Crippen LogP) is 4.65. The summed E-state index contributed by atoms with van der Waals surface area (Å²) in [5, 5.41) is 3.52. The van der Waals surface area contributed by atoms with Gasteiger partial charge in [-0.15, -0.1) is 0 Å². The highest BCUT2D eigenvalue weighted by atomic mass is 15.1. The molecule has 0 unspecified atom stereocenters. The molecule has 4 aromatic rings. The van der Waals surface area contributed by atoms with Gasteiger partial charge in [0.05, 0.1) is 23.4 Å². The quantitative estimate of drug-likeness (QED) is 0.514. The molecule has 0 atom stereocenters. The minimum atomic E-state index is 0.0874. The summed E-state index contributed by atoms with van der Waals surface area (Å²) in [6, 6.07) is 27.7. The Hall–Kier alpha value is -3.11. The summed E-state index contributed by atoms with van der Waals surface area (Å²) in [6.07, 6.45) is 1.96. The zero-order valence-electron chi connectivity index (χ0n) is 16.4. The smallest absolute Gasteiger partial charge is 0.0966 e. The van der Waals surface area contributed by atoms with Gasteiger partial charge in [-0.25, -0.2) is 4.98 Å². The fraction of sp³-hybridized carbons (Fsp3) is 0.208. The zero-order chi connectivity index (χ0) is 19.3. The van der Waals surface area contributed by atoms with Crippen LogP contribution in [0.4, 0.5) is 5.69 Å². The molecule has 0 fully saturated rings. The van der Waals surface area contributed by atoms with E-state index in [9.17, 15) is 0 Å². The van der Waals surface area contributed by atoms with Crippen LogP contribution in [0.1, 0.15) is 17.2 Å². The molecule has 0 saturated carbocycles. The lowest BCUT2D eigenvalue weighted by molar-refractivity contribution is 0.425. The van der Waals surface area contributed by atoms with Gasteiger partial charge in [-0.2, -0.15) is 0 Å². The molecule has 4 rings (SSSR count). The fourth-order valence-corrected chi connectivity index (χ4v) is 3.55. The van der Waals surface area contributed by atoms with Crippen LogP contribution in [-0.4, -0.2) is 41.6 Å². The average molecular weight is 371 g/mol. The molecule has 1 N–H and O–H groups in total. The number of nitrogens with zero attached hydrogens (tertiary/aromatic N) is 3. The van der Waals surface area contributed by atoms with E-state index < -0.39 is 0 Å². The van der Waals surface area contributed by atoms with Crippen molar-refractivity contribution in [2.45, 2.75) is 6.04 Å². The largest absolute Gasteiger partial charge is 0.384 e. The second-order valence-corrected chi connectivity index (χ2v) is 7.31. The van der Waals surface area contributed by atoms with Crippen molar-refractivity contribution >= 4 is 16.7 Å². The predicted molar refractivity (Wildman–Crippen MR) is 117 cm³/mol. The highest BCUT2D eigenvalue weighted by Gasteiger charge is 2.18. The van der Waals surface area contributed by atoms with Gasteiger partial charge in [0.25, 0.3) is 0 Å². The number of rotatable bonds is 7. The van der Waals surface area contributed by atoms with E-state index in [1.54, 1.807) is 0 Å². The highest BCUT2D eigenvalue weighted by Crippen LogP contribution is 2.30. The minimum absolute atomic E-state index is 0.0874. The molecule has 0 aliphatic carbocycles. The number of nitrogens with one attached hydrogen (secondary N) is 1. The van der Waals surface area contributed by atoms with Crippen molar-refractivity contribution in [3.63, 3.8) is 0 Å². The topological polar surface area (TPSA) is 33.1 Å². The van der Waals surface area contributed by atoms with Crippen LogP contribution in [0.15, 0.2) is 85.2 Å². The molecule has 1 heterocycles. The maximum absolute atomic E-state index is 4.67. The molecular weight excluding hydrogens is 344 g/mol. The van der Waals surface area contributed by atoms with Gasteiger partial charge in [0.15, 0.2) is 0 Å². The molecule has 0 aliphatic heterocycles. The van der Waals surface area contributed by atoms with E-state index in [1.165, 1.54) is 11.1 Å². The Kier molecular flexibility index (Phi) is 5.40. The number of hydrogen-bond acceptors (Lipinski definition) is 3. The van der Waals surface area contributed by atoms with Crippen LogP contribution in [0.2, 0.25) is 0 Å². The summed E-state index contributed by atoms with van der Waals surface area (Å²) in [5.74, 6) is 0. The Morgan fingerprint density at radius 3 is 2.14 bits per heavy atom. The normalized spacial score (nSPS) is 11.4. The first kappa shape index (κ1) is 18.3. The van der Waals surface area contributed by atoms with Gasteiger partial charge in [-0.1, -0.05) is 60.7 Å². The number of fused-ring (bicyclic) bond motifs is 1. The van der Waals surface area contributed by atoms with E-state index in [1.807, 2.05) is 6.33 Å². The van der Waals surface area contributed by atoms with Gasteiger partial charge in [0, 0.05) is 18.8 Å². The van der Waals surface area contributed by atoms with E-state index in [0.29, 0.717) is 0 Å². The van der Waals surface area contributed by atoms with E-state index >= 15 is 0 Å². The fourth-order valence-electron chi connectivity index (χ4n) is 3.55. The Morgan fingerprint density at radius 1 is 0.893 bits per heavy atom. The molecule has 0 saturated heterocycles. The van der Waals surface area contributed by atoms with Crippen LogP contribution in [0.5, 0.6) is 0 Å². The van der Waals surface area contributed by atoms with Crippen LogP contribution in [0, 0.1) is 0 Å². The summed E-state index contributed by atoms with van der Waals surface area (Å²) in [6.45, 7) is 1.90. The van der Waals surface area contributed by atoms with Gasteiger partial charge in [-0.05, 0) is 43.4 Å². The number of imidazole rings is 1. The Balaban J connectivity index is 1.76. The third-order valence-electron chi connectivity index (χ3n) is 4.97. The third kappa shape index (κ3) is 3.92. The van der Waals surface area contributed by atoms with Gasteiger partial charge in [0.2, 0.25) is 0 Å². The molecule has 0 bridgehead atoms. The third-order valence-corrected chi connectivity index (χ3v) is 4.97. The maximum atomic E-state index is 4.67. The first-order valence-electron chi connectivity index (χ1n) is 9.67. The number of benzene rings is 3. The van der Waals surface area contributed by atoms with Crippen molar-refractivity contribution in [3.8, 4) is 0 Å². The summed E-state index contributed by atoms with van der Waals surface area (Å²) in [5.41, 5.74) is 5.76. The minimum Gasteiger partial charge on any atom is -0.384 e. The Morgan fingerprint density at radius 2 is 1.54 bits per heavy atom. The highest BCUT2D eigenvalue weighted by molar-refractivity contribution is 5.80. The Bertz CT molecular complexity index is 983. The van der Waals surface area contributed by atoms with Crippen LogP contribution in [-0.2, 0) is 0 Å². The second-order valence-electron chi connectivity index (χ2n) is 7.31. The molecule has 3 aromatic carbocycles. The second kappa shape index (κ2) is 8.28. The van der Waals surface area contributed by atoms with Crippen molar-refractivity contribution in [2.75, 3.05) is 32.5 Å². The molecule has 0 aliphatic rings. The molecule has 142 valence electrons. The maximum Gasteiger partial charge on any atom is 0.0966 e. The zero-order valence-corrected chi connectivity index (χ0v) is 16.4. The summed E-state index contributed by atoms with van der Waals surface area (Å²) in [4.78, 5) is 6.84. The van der Waals surface area contributed by atoms with Crippen molar-refractivity contribution in [1.29, 1.82) is 0 Å². The molecule has 28 heavy (non-hydrogen) atoms. The van der Waals surface area contributed by atoms with Gasteiger partial charge >= 0.3 is 0 Å². The standard InChI is InChI=1S/C24H26N4/c1-27(2)16-15-25-21-13-14-22-23(17-21)28(18-26-22)24(19-9-5-3-6-10-19)20-11-7-4-8-12-20/h3-14,17-18,24-25H,15-16H2,1-2H3.